The van der Waals surface area contributed by atoms with Crippen LogP contribution in [0.1, 0.15) is 28.8 Å². The van der Waals surface area contributed by atoms with Crippen LogP contribution in [0.2, 0.25) is 0 Å². The van der Waals surface area contributed by atoms with Crippen molar-refractivity contribution in [3.8, 4) is 0 Å². The number of hydrogen-bond acceptors (Lipinski definition) is 5. The van der Waals surface area contributed by atoms with E-state index in [0.717, 1.165) is 19.6 Å². The second kappa shape index (κ2) is 7.09. The Labute approximate surface area is 152 Å². The Morgan fingerprint density at radius 3 is 2.35 bits per heavy atom. The SMILES string of the molecule is Nc1nc2ccccc2nc1NC(=O)c1ccc(CN2CCCC2)cc1. The minimum absolute atomic E-state index is 0.211. The van der Waals surface area contributed by atoms with Crippen molar-refractivity contribution in [2.45, 2.75) is 19.4 Å². The van der Waals surface area contributed by atoms with E-state index in [1.54, 1.807) is 0 Å². The van der Waals surface area contributed by atoms with Crippen LogP contribution in [0.5, 0.6) is 0 Å². The molecule has 1 aliphatic rings. The molecule has 1 aromatic heterocycles. The van der Waals surface area contributed by atoms with Crippen LogP contribution in [-0.2, 0) is 6.54 Å². The number of benzene rings is 2. The number of anilines is 2. The summed E-state index contributed by atoms with van der Waals surface area (Å²) in [5.74, 6) is 0.256. The lowest BCUT2D eigenvalue weighted by atomic mass is 10.1. The highest BCUT2D eigenvalue weighted by Crippen LogP contribution is 2.19. The Morgan fingerprint density at radius 2 is 1.65 bits per heavy atom. The molecular weight excluding hydrogens is 326 g/mol. The van der Waals surface area contributed by atoms with Gasteiger partial charge in [-0.25, -0.2) is 9.97 Å². The summed E-state index contributed by atoms with van der Waals surface area (Å²) in [5, 5.41) is 2.76. The zero-order valence-electron chi connectivity index (χ0n) is 14.5. The van der Waals surface area contributed by atoms with Gasteiger partial charge in [0.25, 0.3) is 5.91 Å². The summed E-state index contributed by atoms with van der Waals surface area (Å²) < 4.78 is 0. The standard InChI is InChI=1S/C20H21N5O/c21-18-19(23-17-6-2-1-5-16(17)22-18)24-20(26)15-9-7-14(8-10-15)13-25-11-3-4-12-25/h1-2,5-10H,3-4,11-13H2,(H2,21,22)(H,23,24,26). The quantitative estimate of drug-likeness (QED) is 0.758. The summed E-state index contributed by atoms with van der Waals surface area (Å²) in [4.78, 5) is 23.6. The van der Waals surface area contributed by atoms with Crippen LogP contribution in [0.25, 0.3) is 11.0 Å². The predicted molar refractivity (Wildman–Crippen MR) is 103 cm³/mol. The van der Waals surface area contributed by atoms with Crippen LogP contribution in [0.3, 0.4) is 0 Å². The fraction of sp³-hybridized carbons (Fsp3) is 0.250. The van der Waals surface area contributed by atoms with Crippen LogP contribution in [-0.4, -0.2) is 33.9 Å². The van der Waals surface area contributed by atoms with Crippen molar-refractivity contribution in [3.63, 3.8) is 0 Å². The highest BCUT2D eigenvalue weighted by Gasteiger charge is 2.14. The summed E-state index contributed by atoms with van der Waals surface area (Å²) >= 11 is 0. The molecule has 1 aliphatic heterocycles. The van der Waals surface area contributed by atoms with Crippen LogP contribution in [0, 0.1) is 0 Å². The minimum atomic E-state index is -0.242. The Balaban J connectivity index is 1.48. The zero-order chi connectivity index (χ0) is 17.9. The van der Waals surface area contributed by atoms with Crippen molar-refractivity contribution in [1.29, 1.82) is 0 Å². The lowest BCUT2D eigenvalue weighted by Gasteiger charge is -2.14. The van der Waals surface area contributed by atoms with E-state index in [2.05, 4.69) is 20.2 Å². The summed E-state index contributed by atoms with van der Waals surface area (Å²) in [6.07, 6.45) is 2.55. The number of fused-ring (bicyclic) bond motifs is 1. The van der Waals surface area contributed by atoms with Crippen LogP contribution in [0.4, 0.5) is 11.6 Å². The van der Waals surface area contributed by atoms with Gasteiger partial charge in [0.1, 0.15) is 0 Å². The van der Waals surface area contributed by atoms with Crippen LogP contribution < -0.4 is 11.1 Å². The van der Waals surface area contributed by atoms with E-state index in [1.807, 2.05) is 48.5 Å². The Hall–Kier alpha value is -2.99. The topological polar surface area (TPSA) is 84.1 Å². The molecule has 3 N–H and O–H groups in total. The molecule has 26 heavy (non-hydrogen) atoms. The third-order valence-corrected chi connectivity index (χ3v) is 4.65. The maximum Gasteiger partial charge on any atom is 0.256 e. The van der Waals surface area contributed by atoms with Gasteiger partial charge in [-0.3, -0.25) is 9.69 Å². The van der Waals surface area contributed by atoms with Gasteiger partial charge in [-0.05, 0) is 55.8 Å². The van der Waals surface area contributed by atoms with Gasteiger partial charge < -0.3 is 11.1 Å². The van der Waals surface area contributed by atoms with Crippen molar-refractivity contribution in [3.05, 3.63) is 59.7 Å². The van der Waals surface area contributed by atoms with Gasteiger partial charge in [0.2, 0.25) is 0 Å². The molecule has 0 bridgehead atoms. The molecule has 1 fully saturated rings. The van der Waals surface area contributed by atoms with E-state index in [-0.39, 0.29) is 17.5 Å². The Bertz CT molecular complexity index is 933. The fourth-order valence-electron chi connectivity index (χ4n) is 3.25. The lowest BCUT2D eigenvalue weighted by molar-refractivity contribution is 0.102. The van der Waals surface area contributed by atoms with Crippen molar-refractivity contribution < 1.29 is 4.79 Å². The van der Waals surface area contributed by atoms with Crippen LogP contribution in [0.15, 0.2) is 48.5 Å². The first-order valence-electron chi connectivity index (χ1n) is 8.84. The van der Waals surface area contributed by atoms with Gasteiger partial charge in [-0.15, -0.1) is 0 Å². The largest absolute Gasteiger partial charge is 0.381 e. The van der Waals surface area contributed by atoms with E-state index < -0.39 is 0 Å². The second-order valence-electron chi connectivity index (χ2n) is 6.58. The normalized spacial score (nSPS) is 14.6. The molecule has 6 heteroatoms. The summed E-state index contributed by atoms with van der Waals surface area (Å²) in [6, 6.07) is 15.1. The molecule has 3 aromatic rings. The third kappa shape index (κ3) is 3.50. The first-order chi connectivity index (χ1) is 12.7. The molecule has 2 heterocycles. The number of carbonyl (C=O) groups excluding carboxylic acids is 1. The number of amides is 1. The van der Waals surface area contributed by atoms with Gasteiger partial charge in [-0.2, -0.15) is 0 Å². The number of likely N-dealkylation sites (tertiary alicyclic amines) is 1. The molecule has 0 unspecified atom stereocenters. The minimum Gasteiger partial charge on any atom is -0.381 e. The number of nitrogens with two attached hydrogens (primary N) is 1. The average molecular weight is 347 g/mol. The first kappa shape index (κ1) is 16.5. The maximum atomic E-state index is 12.5. The zero-order valence-corrected chi connectivity index (χ0v) is 14.5. The smallest absolute Gasteiger partial charge is 0.256 e. The van der Waals surface area contributed by atoms with E-state index in [1.165, 1.54) is 18.4 Å². The number of rotatable bonds is 4. The van der Waals surface area contributed by atoms with E-state index in [9.17, 15) is 4.79 Å². The van der Waals surface area contributed by atoms with Crippen molar-refractivity contribution in [2.24, 2.45) is 0 Å². The van der Waals surface area contributed by atoms with E-state index in [0.29, 0.717) is 16.6 Å². The molecule has 4 rings (SSSR count). The van der Waals surface area contributed by atoms with E-state index >= 15 is 0 Å². The molecule has 1 saturated heterocycles. The van der Waals surface area contributed by atoms with Gasteiger partial charge in [0.05, 0.1) is 11.0 Å². The third-order valence-electron chi connectivity index (χ3n) is 4.65. The summed E-state index contributed by atoms with van der Waals surface area (Å²) in [5.41, 5.74) is 9.12. The van der Waals surface area contributed by atoms with Gasteiger partial charge >= 0.3 is 0 Å². The van der Waals surface area contributed by atoms with Gasteiger partial charge in [0, 0.05) is 12.1 Å². The highest BCUT2D eigenvalue weighted by atomic mass is 16.1. The number of nitrogens with one attached hydrogen (secondary N) is 1. The lowest BCUT2D eigenvalue weighted by Crippen LogP contribution is -2.18. The second-order valence-corrected chi connectivity index (χ2v) is 6.58. The van der Waals surface area contributed by atoms with Crippen LogP contribution >= 0.6 is 0 Å². The molecule has 0 radical (unpaired) electrons. The highest BCUT2D eigenvalue weighted by molar-refractivity contribution is 6.05. The predicted octanol–water partition coefficient (Wildman–Crippen LogP) is 3.06. The maximum absolute atomic E-state index is 12.5. The molecule has 6 nitrogen and oxygen atoms in total. The molecule has 0 atom stereocenters. The molecule has 132 valence electrons. The van der Waals surface area contributed by atoms with Crippen molar-refractivity contribution in [2.75, 3.05) is 24.1 Å². The van der Waals surface area contributed by atoms with Gasteiger partial charge in [-0.1, -0.05) is 24.3 Å². The average Bonchev–Trinajstić information content (AvgIpc) is 3.16. The number of carbonyl (C=O) groups is 1. The Kier molecular flexibility index (Phi) is 4.50. The first-order valence-corrected chi connectivity index (χ1v) is 8.84. The number of nitrogen functional groups attached to an aromatic ring is 1. The molecule has 0 aliphatic carbocycles. The molecule has 2 aromatic carbocycles. The number of nitrogens with zero attached hydrogens (tertiary/aromatic N) is 3. The fourth-order valence-corrected chi connectivity index (χ4v) is 3.25. The number of aromatic nitrogens is 2. The molecule has 0 saturated carbocycles. The monoisotopic (exact) mass is 347 g/mol. The summed E-state index contributed by atoms with van der Waals surface area (Å²) in [6.45, 7) is 3.25. The van der Waals surface area contributed by atoms with E-state index in [4.69, 9.17) is 5.73 Å². The molecule has 1 amide bonds. The summed E-state index contributed by atoms with van der Waals surface area (Å²) in [7, 11) is 0. The molecular formula is C20H21N5O. The number of para-hydroxylation sites is 2. The molecule has 0 spiro atoms. The van der Waals surface area contributed by atoms with Crippen molar-refractivity contribution >= 4 is 28.6 Å². The Morgan fingerprint density at radius 1 is 1.00 bits per heavy atom. The van der Waals surface area contributed by atoms with Crippen molar-refractivity contribution in [1.82, 2.24) is 14.9 Å². The van der Waals surface area contributed by atoms with Gasteiger partial charge in [0.15, 0.2) is 11.6 Å². The number of hydrogen-bond donors (Lipinski definition) is 2.